The molecule has 6 heteroatoms. The summed E-state index contributed by atoms with van der Waals surface area (Å²) < 4.78 is 12.6. The molecule has 0 aliphatic carbocycles. The van der Waals surface area contributed by atoms with Gasteiger partial charge >= 0.3 is 0 Å². The van der Waals surface area contributed by atoms with Crippen LogP contribution >= 0.6 is 11.8 Å². The lowest BCUT2D eigenvalue weighted by Crippen LogP contribution is -2.17. The van der Waals surface area contributed by atoms with E-state index in [1.54, 1.807) is 11.8 Å². The molecule has 3 heterocycles. The average molecular weight is 640 g/mol. The van der Waals surface area contributed by atoms with E-state index in [2.05, 4.69) is 131 Å². The predicted molar refractivity (Wildman–Crippen MR) is 195 cm³/mol. The molecule has 3 aliphatic heterocycles. The first-order valence-corrected chi connectivity index (χ1v) is 17.0. The van der Waals surface area contributed by atoms with Crippen LogP contribution in [-0.4, -0.2) is 0 Å². The zero-order valence-electron chi connectivity index (χ0n) is 25.8. The molecule has 0 saturated carbocycles. The van der Waals surface area contributed by atoms with E-state index in [1.807, 2.05) is 36.4 Å². The predicted octanol–water partition coefficient (Wildman–Crippen LogP) is 11.4. The van der Waals surface area contributed by atoms with Crippen LogP contribution in [0.2, 0.25) is 0 Å². The summed E-state index contributed by atoms with van der Waals surface area (Å²) in [5.74, 6) is 1.75. The summed E-state index contributed by atoms with van der Waals surface area (Å²) in [6, 6.07) is 53.5. The van der Waals surface area contributed by atoms with E-state index < -0.39 is 0 Å². The summed E-state index contributed by atoms with van der Waals surface area (Å²) in [5.41, 5.74) is 10.0. The summed E-state index contributed by atoms with van der Waals surface area (Å²) in [6.45, 7) is 0. The maximum Gasteiger partial charge on any atom is 0.196 e. The van der Waals surface area contributed by atoms with Crippen LogP contribution < -0.4 is 25.0 Å². The van der Waals surface area contributed by atoms with Crippen LogP contribution in [0, 0.1) is 0 Å². The smallest absolute Gasteiger partial charge is 0.196 e. The van der Waals surface area contributed by atoms with Gasteiger partial charge in [-0.3, -0.25) is 0 Å². The second kappa shape index (κ2) is 10.9. The van der Waals surface area contributed by atoms with Crippen LogP contribution in [0.5, 0.6) is 11.5 Å². The number of fused-ring (bicyclic) bond motifs is 5. The number of ether oxygens (including phenoxy) is 2. The minimum atomic E-state index is -0.246. The third-order valence-electron chi connectivity index (χ3n) is 9.34. The molecule has 3 aliphatic rings. The molecule has 7 aromatic rings. The maximum absolute atomic E-state index is 6.31. The van der Waals surface area contributed by atoms with Crippen molar-refractivity contribution < 1.29 is 9.47 Å². The van der Waals surface area contributed by atoms with Crippen LogP contribution in [0.1, 0.15) is 23.6 Å². The first-order chi connectivity index (χ1) is 23.7. The number of nitrogens with one attached hydrogen (secondary N) is 2. The van der Waals surface area contributed by atoms with Crippen LogP contribution in [0.15, 0.2) is 161 Å². The Morgan fingerprint density at radius 3 is 1.71 bits per heavy atom. The third-order valence-corrected chi connectivity index (χ3v) is 10.4. The Kier molecular flexibility index (Phi) is 6.17. The van der Waals surface area contributed by atoms with Gasteiger partial charge in [-0.05, 0) is 82.6 Å². The maximum atomic E-state index is 6.31. The normalized spacial score (nSPS) is 16.9. The number of hydrogen-bond donors (Lipinski definition) is 2. The molecule has 2 unspecified atom stereocenters. The van der Waals surface area contributed by atoms with E-state index in [1.165, 1.54) is 31.7 Å². The third kappa shape index (κ3) is 4.48. The lowest BCUT2D eigenvalue weighted by Gasteiger charge is -2.34. The number of hydrogen-bond acceptors (Lipinski definition) is 6. The Hall–Kier alpha value is -5.85. The lowest BCUT2D eigenvalue weighted by atomic mass is 9.98. The van der Waals surface area contributed by atoms with Crippen molar-refractivity contribution in [1.82, 2.24) is 0 Å². The summed E-state index contributed by atoms with van der Waals surface area (Å²) in [5, 5.41) is 9.58. The van der Waals surface area contributed by atoms with E-state index in [9.17, 15) is 0 Å². The fourth-order valence-electron chi connectivity index (χ4n) is 6.99. The number of nitrogens with zero attached hydrogens (tertiary/aromatic N) is 1. The average Bonchev–Trinajstić information content (AvgIpc) is 3.78. The van der Waals surface area contributed by atoms with Crippen LogP contribution in [0.3, 0.4) is 0 Å². The minimum absolute atomic E-state index is 0.246. The van der Waals surface area contributed by atoms with Gasteiger partial charge in [0.25, 0.3) is 0 Å². The molecule has 48 heavy (non-hydrogen) atoms. The molecule has 0 spiro atoms. The van der Waals surface area contributed by atoms with Gasteiger partial charge in [0.05, 0.1) is 22.7 Å². The topological polar surface area (TPSA) is 45.8 Å². The quantitative estimate of drug-likeness (QED) is 0.200. The highest BCUT2D eigenvalue weighted by Crippen LogP contribution is 2.53. The molecule has 0 fully saturated rings. The van der Waals surface area contributed by atoms with Gasteiger partial charge in [0.15, 0.2) is 12.5 Å². The second-order valence-electron chi connectivity index (χ2n) is 12.2. The standard InChI is InChI=1S/C42H29N3O2S/c1-2-10-31-26(8-1)9-7-11-32(31)27-16-20-30(21-17-27)45-35-22-18-28(41-43-33-12-3-5-14-37(33)46-41)24-39(35)48-40-25-29(19-23-36(40)45)42-44-34-13-4-6-15-38(34)47-42/h1-25,41-44H. The van der Waals surface area contributed by atoms with Crippen molar-refractivity contribution in [1.29, 1.82) is 0 Å². The van der Waals surface area contributed by atoms with Gasteiger partial charge in [0, 0.05) is 26.6 Å². The Bertz CT molecular complexity index is 2210. The van der Waals surface area contributed by atoms with Gasteiger partial charge < -0.3 is 25.0 Å². The molecule has 10 rings (SSSR count). The zero-order valence-corrected chi connectivity index (χ0v) is 26.6. The molecule has 5 nitrogen and oxygen atoms in total. The zero-order chi connectivity index (χ0) is 31.6. The summed E-state index contributed by atoms with van der Waals surface area (Å²) in [4.78, 5) is 4.71. The molecular formula is C42H29N3O2S. The SMILES string of the molecule is c1ccc2c(c1)NC(c1ccc3c(c1)Sc1cc(C4Nc5ccccc5O4)ccc1N3c1ccc(-c3cccc4ccccc34)cc1)O2. The first kappa shape index (κ1) is 27.3. The van der Waals surface area contributed by atoms with Gasteiger partial charge in [-0.1, -0.05) is 103 Å². The van der Waals surface area contributed by atoms with Crippen molar-refractivity contribution in [3.8, 4) is 22.6 Å². The number of para-hydroxylation sites is 4. The second-order valence-corrected chi connectivity index (χ2v) is 13.3. The summed E-state index contributed by atoms with van der Waals surface area (Å²) >= 11 is 1.79. The highest BCUT2D eigenvalue weighted by molar-refractivity contribution is 7.99. The Balaban J connectivity index is 1.05. The van der Waals surface area contributed by atoms with E-state index in [-0.39, 0.29) is 12.5 Å². The van der Waals surface area contributed by atoms with Crippen molar-refractivity contribution in [3.05, 3.63) is 163 Å². The first-order valence-electron chi connectivity index (χ1n) is 16.1. The van der Waals surface area contributed by atoms with E-state index in [4.69, 9.17) is 9.47 Å². The van der Waals surface area contributed by atoms with Crippen LogP contribution in [0.25, 0.3) is 21.9 Å². The monoisotopic (exact) mass is 639 g/mol. The molecule has 0 saturated heterocycles. The van der Waals surface area contributed by atoms with Crippen LogP contribution in [-0.2, 0) is 0 Å². The molecule has 230 valence electrons. The highest BCUT2D eigenvalue weighted by atomic mass is 32.2. The van der Waals surface area contributed by atoms with Gasteiger partial charge in [-0.15, -0.1) is 0 Å². The Morgan fingerprint density at radius 1 is 0.521 bits per heavy atom. The Labute approximate surface area is 282 Å². The number of benzene rings is 7. The molecule has 2 N–H and O–H groups in total. The fraction of sp³-hybridized carbons (Fsp3) is 0.0476. The summed E-state index contributed by atoms with van der Waals surface area (Å²) in [6.07, 6.45) is -0.492. The van der Waals surface area contributed by atoms with E-state index in [0.717, 1.165) is 51.1 Å². The molecule has 7 aromatic carbocycles. The van der Waals surface area contributed by atoms with Crippen molar-refractivity contribution in [2.75, 3.05) is 15.5 Å². The van der Waals surface area contributed by atoms with E-state index >= 15 is 0 Å². The van der Waals surface area contributed by atoms with Crippen molar-refractivity contribution in [3.63, 3.8) is 0 Å². The lowest BCUT2D eigenvalue weighted by molar-refractivity contribution is 0.259. The molecular weight excluding hydrogens is 611 g/mol. The molecule has 0 radical (unpaired) electrons. The van der Waals surface area contributed by atoms with Gasteiger partial charge in [0.2, 0.25) is 0 Å². The summed E-state index contributed by atoms with van der Waals surface area (Å²) in [7, 11) is 0. The van der Waals surface area contributed by atoms with Crippen LogP contribution in [0.4, 0.5) is 28.4 Å². The minimum Gasteiger partial charge on any atom is -0.464 e. The highest BCUT2D eigenvalue weighted by Gasteiger charge is 2.30. The molecule has 0 aromatic heterocycles. The molecule has 2 atom stereocenters. The molecule has 0 bridgehead atoms. The van der Waals surface area contributed by atoms with Gasteiger partial charge in [-0.2, -0.15) is 0 Å². The number of rotatable bonds is 4. The van der Waals surface area contributed by atoms with Gasteiger partial charge in [0.1, 0.15) is 11.5 Å². The largest absolute Gasteiger partial charge is 0.464 e. The van der Waals surface area contributed by atoms with Crippen molar-refractivity contribution >= 4 is 51.0 Å². The van der Waals surface area contributed by atoms with Crippen molar-refractivity contribution in [2.24, 2.45) is 0 Å². The Morgan fingerprint density at radius 2 is 1.08 bits per heavy atom. The van der Waals surface area contributed by atoms with E-state index in [0.29, 0.717) is 0 Å². The fourth-order valence-corrected chi connectivity index (χ4v) is 8.14. The molecule has 0 amide bonds. The van der Waals surface area contributed by atoms with Crippen molar-refractivity contribution in [2.45, 2.75) is 22.2 Å². The number of anilines is 5. The van der Waals surface area contributed by atoms with Gasteiger partial charge in [-0.25, -0.2) is 0 Å².